The minimum Gasteiger partial charge on any atom is -0.480 e. The molecule has 0 saturated carbocycles. The molecule has 1 rings (SSSR count). The van der Waals surface area contributed by atoms with E-state index in [1.54, 1.807) is 0 Å². The van der Waals surface area contributed by atoms with Gasteiger partial charge in [0.05, 0.1) is 12.4 Å². The van der Waals surface area contributed by atoms with Gasteiger partial charge in [0.25, 0.3) is 0 Å². The number of hydrogen-bond donors (Lipinski definition) is 12. The fourth-order valence-electron chi connectivity index (χ4n) is 3.83. The monoisotopic (exact) mass is 623 g/mol. The molecule has 0 fully saturated rings. The van der Waals surface area contributed by atoms with Crippen LogP contribution in [-0.4, -0.2) is 100 Å². The number of rotatable bonds is 21. The molecule has 20 nitrogen and oxygen atoms in total. The second-order valence-corrected chi connectivity index (χ2v) is 9.76. The molecule has 19 N–H and O–H groups in total. The number of carboxylic acid groups (broad SMARTS) is 1. The van der Waals surface area contributed by atoms with Crippen LogP contribution >= 0.6 is 0 Å². The molecule has 0 aliphatic heterocycles. The summed E-state index contributed by atoms with van der Waals surface area (Å²) in [6.45, 7) is 0.571. The van der Waals surface area contributed by atoms with Gasteiger partial charge in [-0.25, -0.2) is 9.78 Å². The number of amides is 3. The Labute approximate surface area is 254 Å². The Morgan fingerprint density at radius 1 is 0.727 bits per heavy atom. The largest absolute Gasteiger partial charge is 0.480 e. The highest BCUT2D eigenvalue weighted by Crippen LogP contribution is 2.07. The first-order valence-electron chi connectivity index (χ1n) is 13.8. The van der Waals surface area contributed by atoms with Crippen molar-refractivity contribution >= 4 is 41.6 Å². The van der Waals surface area contributed by atoms with Crippen molar-refractivity contribution in [2.75, 3.05) is 19.6 Å². The van der Waals surface area contributed by atoms with E-state index in [1.807, 2.05) is 0 Å². The molecule has 0 aliphatic rings. The number of nitrogens with two attached hydrogens (primary N) is 7. The van der Waals surface area contributed by atoms with E-state index in [-0.39, 0.29) is 76.0 Å². The van der Waals surface area contributed by atoms with Gasteiger partial charge < -0.3 is 66.2 Å². The first-order chi connectivity index (χ1) is 20.8. The zero-order valence-corrected chi connectivity index (χ0v) is 24.4. The van der Waals surface area contributed by atoms with Crippen molar-refractivity contribution in [3.05, 3.63) is 18.2 Å². The number of aromatic nitrogens is 2. The lowest BCUT2D eigenvalue weighted by atomic mass is 10.1. The average Bonchev–Trinajstić information content (AvgIpc) is 3.46. The molecule has 20 heteroatoms. The third-order valence-electron chi connectivity index (χ3n) is 6.05. The highest BCUT2D eigenvalue weighted by molar-refractivity contribution is 5.94. The maximum Gasteiger partial charge on any atom is 0.326 e. The van der Waals surface area contributed by atoms with E-state index in [1.165, 1.54) is 12.5 Å². The lowest BCUT2D eigenvalue weighted by Gasteiger charge is -2.25. The molecule has 1 aromatic heterocycles. The Morgan fingerprint density at radius 3 is 1.66 bits per heavy atom. The summed E-state index contributed by atoms with van der Waals surface area (Å²) in [6.07, 6.45) is 4.10. The highest BCUT2D eigenvalue weighted by atomic mass is 16.4. The number of imidazole rings is 1. The number of carboxylic acids is 1. The topological polar surface area (TPSA) is 372 Å². The van der Waals surface area contributed by atoms with Crippen LogP contribution in [0.15, 0.2) is 27.5 Å². The second kappa shape index (κ2) is 19.9. The Bertz CT molecular complexity index is 1140. The van der Waals surface area contributed by atoms with Crippen molar-refractivity contribution in [1.29, 1.82) is 0 Å². The molecule has 0 bridgehead atoms. The summed E-state index contributed by atoms with van der Waals surface area (Å²) in [5.41, 5.74) is 38.4. The van der Waals surface area contributed by atoms with Crippen LogP contribution in [0.5, 0.6) is 0 Å². The number of carbonyl (C=O) groups is 4. The van der Waals surface area contributed by atoms with E-state index in [0.29, 0.717) is 12.1 Å². The number of H-pyrrole nitrogens is 1. The van der Waals surface area contributed by atoms with Gasteiger partial charge in [-0.15, -0.1) is 0 Å². The summed E-state index contributed by atoms with van der Waals surface area (Å²) in [5.74, 6) is -3.77. The minimum atomic E-state index is -1.29. The lowest BCUT2D eigenvalue weighted by Crippen LogP contribution is -2.57. The molecule has 0 spiro atoms. The van der Waals surface area contributed by atoms with Gasteiger partial charge in [0.1, 0.15) is 18.1 Å². The summed E-state index contributed by atoms with van der Waals surface area (Å²) < 4.78 is 0. The fraction of sp³-hybridized carbons (Fsp3) is 0.583. The molecule has 0 unspecified atom stereocenters. The normalized spacial score (nSPS) is 13.3. The number of guanidine groups is 3. The predicted molar refractivity (Wildman–Crippen MR) is 163 cm³/mol. The molecule has 0 saturated heterocycles. The number of hydrogen-bond acceptors (Lipinski definition) is 9. The molecule has 4 atom stereocenters. The van der Waals surface area contributed by atoms with Crippen molar-refractivity contribution in [2.45, 2.75) is 69.1 Å². The number of aliphatic imine (C=N–C) groups is 3. The SMILES string of the molecule is NC(N)=NCCC[C@H](NC(=O)[C@H](CCCN=C(N)N)NC(=O)[C@H](Cc1cnc[nH]1)NC(=O)[C@@H](N)CCCN=C(N)N)C(=O)O. The highest BCUT2D eigenvalue weighted by Gasteiger charge is 2.30. The molecular formula is C24H45N15O5. The number of aromatic amines is 1. The van der Waals surface area contributed by atoms with Gasteiger partial charge in [0, 0.05) is 37.9 Å². The van der Waals surface area contributed by atoms with Crippen LogP contribution in [-0.2, 0) is 25.6 Å². The summed E-state index contributed by atoms with van der Waals surface area (Å²) in [5, 5.41) is 17.3. The molecule has 0 aliphatic carbocycles. The molecule has 246 valence electrons. The van der Waals surface area contributed by atoms with Gasteiger partial charge in [-0.2, -0.15) is 0 Å². The van der Waals surface area contributed by atoms with Gasteiger partial charge >= 0.3 is 5.97 Å². The van der Waals surface area contributed by atoms with Crippen LogP contribution in [0.4, 0.5) is 0 Å². The van der Waals surface area contributed by atoms with Gasteiger partial charge in [-0.05, 0) is 38.5 Å². The van der Waals surface area contributed by atoms with Gasteiger partial charge in [-0.1, -0.05) is 0 Å². The molecule has 0 radical (unpaired) electrons. The van der Waals surface area contributed by atoms with Crippen molar-refractivity contribution < 1.29 is 24.3 Å². The van der Waals surface area contributed by atoms with Gasteiger partial charge in [0.15, 0.2) is 17.9 Å². The first kappa shape index (κ1) is 36.9. The second-order valence-electron chi connectivity index (χ2n) is 9.76. The van der Waals surface area contributed by atoms with Crippen molar-refractivity contribution in [3.8, 4) is 0 Å². The van der Waals surface area contributed by atoms with E-state index >= 15 is 0 Å². The molecule has 1 heterocycles. The fourth-order valence-corrected chi connectivity index (χ4v) is 3.83. The molecule has 44 heavy (non-hydrogen) atoms. The Hall–Kier alpha value is -5.14. The quantitative estimate of drug-likeness (QED) is 0.0347. The third kappa shape index (κ3) is 15.7. The smallest absolute Gasteiger partial charge is 0.326 e. The standard InChI is InChI=1S/C24H45N15O5/c25-14(4-1-7-33-22(26)27)18(40)39-17(10-13-11-32-12-36-13)20(42)37-15(5-2-8-34-23(28)29)19(41)38-16(21(43)44)6-3-9-35-24(30)31/h11-12,14-17H,1-10,25H2,(H,32,36)(H,37,42)(H,38,41)(H,39,40)(H,43,44)(H4,26,27,33)(H4,28,29,34)(H4,30,31,35)/t14-,15-,16-,17-/m0/s1. The third-order valence-corrected chi connectivity index (χ3v) is 6.05. The van der Waals surface area contributed by atoms with E-state index in [0.717, 1.165) is 0 Å². The maximum absolute atomic E-state index is 13.5. The van der Waals surface area contributed by atoms with Crippen molar-refractivity contribution in [2.24, 2.45) is 55.1 Å². The van der Waals surface area contributed by atoms with Crippen LogP contribution < -0.4 is 56.1 Å². The molecule has 1 aromatic rings. The van der Waals surface area contributed by atoms with E-state index in [2.05, 4.69) is 40.9 Å². The van der Waals surface area contributed by atoms with Crippen LogP contribution in [0.25, 0.3) is 0 Å². The van der Waals surface area contributed by atoms with Crippen LogP contribution in [0, 0.1) is 0 Å². The van der Waals surface area contributed by atoms with Gasteiger partial charge in [-0.3, -0.25) is 29.4 Å². The molecule has 0 aromatic carbocycles. The zero-order chi connectivity index (χ0) is 33.1. The van der Waals surface area contributed by atoms with Crippen LogP contribution in [0.1, 0.15) is 44.2 Å². The van der Waals surface area contributed by atoms with E-state index < -0.39 is 47.9 Å². The van der Waals surface area contributed by atoms with Crippen LogP contribution in [0.2, 0.25) is 0 Å². The van der Waals surface area contributed by atoms with E-state index in [4.69, 9.17) is 40.1 Å². The number of nitrogens with one attached hydrogen (secondary N) is 4. The van der Waals surface area contributed by atoms with Gasteiger partial charge in [0.2, 0.25) is 17.7 Å². The molecule has 3 amide bonds. The maximum atomic E-state index is 13.5. The van der Waals surface area contributed by atoms with Crippen molar-refractivity contribution in [3.63, 3.8) is 0 Å². The van der Waals surface area contributed by atoms with Crippen molar-refractivity contribution in [1.82, 2.24) is 25.9 Å². The number of carbonyl (C=O) groups excluding carboxylic acids is 3. The lowest BCUT2D eigenvalue weighted by molar-refractivity contribution is -0.142. The Morgan fingerprint density at radius 2 is 1.18 bits per heavy atom. The summed E-state index contributed by atoms with van der Waals surface area (Å²) in [7, 11) is 0. The average molecular weight is 624 g/mol. The Kier molecular flexibility index (Phi) is 16.7. The van der Waals surface area contributed by atoms with E-state index in [9.17, 15) is 24.3 Å². The number of aliphatic carboxylic acids is 1. The first-order valence-corrected chi connectivity index (χ1v) is 13.8. The van der Waals surface area contributed by atoms with Crippen LogP contribution in [0.3, 0.4) is 0 Å². The number of nitrogens with zero attached hydrogens (tertiary/aromatic N) is 4. The Balaban J connectivity index is 3.06. The predicted octanol–water partition coefficient (Wildman–Crippen LogP) is -5.02. The summed E-state index contributed by atoms with van der Waals surface area (Å²) in [6, 6.07) is -4.64. The summed E-state index contributed by atoms with van der Waals surface area (Å²) >= 11 is 0. The summed E-state index contributed by atoms with van der Waals surface area (Å²) in [4.78, 5) is 69.7. The zero-order valence-electron chi connectivity index (χ0n) is 24.4. The minimum absolute atomic E-state index is 0.0107. The molecular weight excluding hydrogens is 578 g/mol.